The lowest BCUT2D eigenvalue weighted by atomic mass is 10.2. The third kappa shape index (κ3) is 3.55. The van der Waals surface area contributed by atoms with E-state index in [1.807, 2.05) is 0 Å². The summed E-state index contributed by atoms with van der Waals surface area (Å²) >= 11 is 0. The van der Waals surface area contributed by atoms with Gasteiger partial charge in [-0.1, -0.05) is 12.1 Å². The maximum Gasteiger partial charge on any atom is 0.341 e. The number of amides is 1. The minimum absolute atomic E-state index is 0.0119. The Kier molecular flexibility index (Phi) is 4.94. The second kappa shape index (κ2) is 7.17. The van der Waals surface area contributed by atoms with Crippen LogP contribution >= 0.6 is 0 Å². The summed E-state index contributed by atoms with van der Waals surface area (Å²) in [7, 11) is -2.94. The summed E-state index contributed by atoms with van der Waals surface area (Å²) in [6.45, 7) is 0.619. The molecule has 0 radical (unpaired) electrons. The Morgan fingerprint density at radius 3 is 2.38 bits per heavy atom. The molecule has 1 aliphatic heterocycles. The topological polar surface area (TPSA) is 90.0 Å². The molecule has 26 heavy (non-hydrogen) atoms. The number of methoxy groups -OCH3 is 1. The van der Waals surface area contributed by atoms with Crippen molar-refractivity contribution in [3.05, 3.63) is 54.1 Å². The van der Waals surface area contributed by atoms with Gasteiger partial charge in [-0.25, -0.2) is 4.79 Å². The van der Waals surface area contributed by atoms with Crippen LogP contribution in [0.25, 0.3) is 0 Å². The molecule has 1 heterocycles. The summed E-state index contributed by atoms with van der Waals surface area (Å²) in [4.78, 5) is 25.0. The van der Waals surface area contributed by atoms with Gasteiger partial charge in [-0.2, -0.15) is 8.42 Å². The Balaban J connectivity index is 1.85. The lowest BCUT2D eigenvalue weighted by Crippen LogP contribution is -2.23. The van der Waals surface area contributed by atoms with Gasteiger partial charge in [0, 0.05) is 18.7 Å². The van der Waals surface area contributed by atoms with Gasteiger partial charge in [-0.15, -0.1) is 0 Å². The van der Waals surface area contributed by atoms with Crippen LogP contribution in [0.5, 0.6) is 5.75 Å². The molecule has 136 valence electrons. The third-order valence-electron chi connectivity index (χ3n) is 4.00. The highest BCUT2D eigenvalue weighted by Gasteiger charge is 2.24. The summed E-state index contributed by atoms with van der Waals surface area (Å²) in [5, 5.41) is 0. The van der Waals surface area contributed by atoms with Crippen LogP contribution in [0, 0.1) is 0 Å². The summed E-state index contributed by atoms with van der Waals surface area (Å²) in [6, 6.07) is 11.8. The molecule has 1 aliphatic rings. The number of carbonyl (C=O) groups excluding carboxylic acids is 2. The van der Waals surface area contributed by atoms with Gasteiger partial charge in [-0.05, 0) is 42.8 Å². The number of anilines is 1. The van der Waals surface area contributed by atoms with E-state index < -0.39 is 16.1 Å². The molecule has 1 amide bonds. The van der Waals surface area contributed by atoms with Gasteiger partial charge < -0.3 is 13.8 Å². The van der Waals surface area contributed by atoms with Gasteiger partial charge in [0.1, 0.15) is 10.5 Å². The van der Waals surface area contributed by atoms with Gasteiger partial charge >= 0.3 is 16.1 Å². The first kappa shape index (κ1) is 17.9. The van der Waals surface area contributed by atoms with Crippen LogP contribution in [0.1, 0.15) is 23.2 Å². The first-order chi connectivity index (χ1) is 12.4. The molecule has 1 fully saturated rings. The second-order valence-electron chi connectivity index (χ2n) is 5.67. The maximum absolute atomic E-state index is 12.5. The Hall–Kier alpha value is -2.87. The maximum atomic E-state index is 12.5. The van der Waals surface area contributed by atoms with Crippen molar-refractivity contribution >= 4 is 27.7 Å². The number of hydrogen-bond acceptors (Lipinski definition) is 6. The van der Waals surface area contributed by atoms with E-state index in [-0.39, 0.29) is 22.1 Å². The number of rotatable bonds is 5. The van der Waals surface area contributed by atoms with E-state index in [2.05, 4.69) is 4.74 Å². The van der Waals surface area contributed by atoms with Gasteiger partial charge in [0.15, 0.2) is 5.75 Å². The Morgan fingerprint density at radius 2 is 1.77 bits per heavy atom. The molecule has 0 aliphatic carbocycles. The number of nitrogens with zero attached hydrogens (tertiary/aromatic N) is 1. The predicted octanol–water partition coefficient (Wildman–Crippen LogP) is 2.37. The Labute approximate surface area is 151 Å². The molecular formula is C18H17NO6S. The average Bonchev–Trinajstić information content (AvgIpc) is 3.07. The molecule has 7 nitrogen and oxygen atoms in total. The molecule has 2 aromatic carbocycles. The Morgan fingerprint density at radius 1 is 1.08 bits per heavy atom. The minimum Gasteiger partial charge on any atom is -0.465 e. The molecular weight excluding hydrogens is 358 g/mol. The molecule has 0 N–H and O–H groups in total. The van der Waals surface area contributed by atoms with Gasteiger partial charge in [-0.3, -0.25) is 4.79 Å². The SMILES string of the molecule is COC(=O)c1ccccc1OS(=O)(=O)c1ccc(N2CCCC2=O)cc1. The van der Waals surface area contributed by atoms with E-state index in [1.54, 1.807) is 29.2 Å². The predicted molar refractivity (Wildman–Crippen MR) is 93.6 cm³/mol. The zero-order valence-electron chi connectivity index (χ0n) is 14.0. The van der Waals surface area contributed by atoms with Crippen molar-refractivity contribution in [1.82, 2.24) is 0 Å². The fourth-order valence-electron chi connectivity index (χ4n) is 2.70. The van der Waals surface area contributed by atoms with E-state index >= 15 is 0 Å². The van der Waals surface area contributed by atoms with E-state index in [1.165, 1.54) is 31.4 Å². The van der Waals surface area contributed by atoms with Crippen molar-refractivity contribution in [3.63, 3.8) is 0 Å². The minimum atomic E-state index is -4.14. The van der Waals surface area contributed by atoms with Crippen LogP contribution in [0.3, 0.4) is 0 Å². The first-order valence-electron chi connectivity index (χ1n) is 7.94. The molecule has 0 spiro atoms. The summed E-state index contributed by atoms with van der Waals surface area (Å²) in [6.07, 6.45) is 1.28. The number of ether oxygens (including phenoxy) is 1. The van der Waals surface area contributed by atoms with E-state index in [4.69, 9.17) is 4.18 Å². The quantitative estimate of drug-likeness (QED) is 0.589. The Bertz CT molecular complexity index is 936. The fraction of sp³-hybridized carbons (Fsp3) is 0.222. The number of esters is 1. The zero-order valence-corrected chi connectivity index (χ0v) is 14.9. The van der Waals surface area contributed by atoms with Crippen LogP contribution in [0.4, 0.5) is 5.69 Å². The molecule has 0 atom stereocenters. The summed E-state index contributed by atoms with van der Waals surface area (Å²) in [5.41, 5.74) is 0.652. The first-order valence-corrected chi connectivity index (χ1v) is 9.35. The number of benzene rings is 2. The lowest BCUT2D eigenvalue weighted by Gasteiger charge is -2.16. The number of para-hydroxylation sites is 1. The summed E-state index contributed by atoms with van der Waals surface area (Å²) < 4.78 is 34.8. The van der Waals surface area contributed by atoms with Crippen LogP contribution in [0.15, 0.2) is 53.4 Å². The van der Waals surface area contributed by atoms with Crippen molar-refractivity contribution in [2.24, 2.45) is 0 Å². The molecule has 8 heteroatoms. The highest BCUT2D eigenvalue weighted by atomic mass is 32.2. The third-order valence-corrected chi connectivity index (χ3v) is 5.25. The van der Waals surface area contributed by atoms with E-state index in [0.29, 0.717) is 18.7 Å². The molecule has 3 rings (SSSR count). The zero-order chi connectivity index (χ0) is 18.7. The van der Waals surface area contributed by atoms with Crippen LogP contribution in [-0.4, -0.2) is 33.9 Å². The van der Waals surface area contributed by atoms with Crippen molar-refractivity contribution in [2.75, 3.05) is 18.6 Å². The van der Waals surface area contributed by atoms with Gasteiger partial charge in [0.2, 0.25) is 5.91 Å². The molecule has 0 bridgehead atoms. The molecule has 0 saturated carbocycles. The molecule has 1 saturated heterocycles. The molecule has 0 aromatic heterocycles. The average molecular weight is 375 g/mol. The van der Waals surface area contributed by atoms with Crippen molar-refractivity contribution in [1.29, 1.82) is 0 Å². The smallest absolute Gasteiger partial charge is 0.341 e. The van der Waals surface area contributed by atoms with Crippen molar-refractivity contribution < 1.29 is 26.9 Å². The van der Waals surface area contributed by atoms with E-state index in [0.717, 1.165) is 6.42 Å². The van der Waals surface area contributed by atoms with Crippen LogP contribution in [-0.2, 0) is 19.6 Å². The van der Waals surface area contributed by atoms with Gasteiger partial charge in [0.25, 0.3) is 0 Å². The normalized spacial score (nSPS) is 14.3. The standard InChI is InChI=1S/C18H17NO6S/c1-24-18(21)15-5-2-3-6-16(15)25-26(22,23)14-10-8-13(9-11-14)19-12-4-7-17(19)20/h2-3,5-6,8-11H,4,7,12H2,1H3. The van der Waals surface area contributed by atoms with Crippen LogP contribution < -0.4 is 9.08 Å². The van der Waals surface area contributed by atoms with Crippen molar-refractivity contribution in [3.8, 4) is 5.75 Å². The monoisotopic (exact) mass is 375 g/mol. The van der Waals surface area contributed by atoms with Gasteiger partial charge in [0.05, 0.1) is 7.11 Å². The second-order valence-corrected chi connectivity index (χ2v) is 7.21. The largest absolute Gasteiger partial charge is 0.465 e. The number of carbonyl (C=O) groups is 2. The highest BCUT2D eigenvalue weighted by molar-refractivity contribution is 7.87. The molecule has 2 aromatic rings. The van der Waals surface area contributed by atoms with Crippen LogP contribution in [0.2, 0.25) is 0 Å². The lowest BCUT2D eigenvalue weighted by molar-refractivity contribution is -0.117. The fourth-order valence-corrected chi connectivity index (χ4v) is 3.65. The van der Waals surface area contributed by atoms with E-state index in [9.17, 15) is 18.0 Å². The number of hydrogen-bond donors (Lipinski definition) is 0. The van der Waals surface area contributed by atoms with Crippen molar-refractivity contribution in [2.45, 2.75) is 17.7 Å². The summed E-state index contributed by atoms with van der Waals surface area (Å²) in [5.74, 6) is -0.791. The highest BCUT2D eigenvalue weighted by Crippen LogP contribution is 2.26. The molecule has 0 unspecified atom stereocenters.